The van der Waals surface area contributed by atoms with Crippen molar-refractivity contribution in [2.75, 3.05) is 13.7 Å². The van der Waals surface area contributed by atoms with Gasteiger partial charge in [0.25, 0.3) is 0 Å². The average molecular weight is 299 g/mol. The zero-order valence-corrected chi connectivity index (χ0v) is 13.1. The fourth-order valence-corrected chi connectivity index (χ4v) is 2.36. The maximum Gasteiger partial charge on any atom is 0.320 e. The van der Waals surface area contributed by atoms with E-state index >= 15 is 0 Å². The van der Waals surface area contributed by atoms with Gasteiger partial charge in [0.15, 0.2) is 0 Å². The number of carbonyl (C=O) groups is 1. The van der Waals surface area contributed by atoms with Gasteiger partial charge in [-0.3, -0.25) is 4.79 Å². The van der Waals surface area contributed by atoms with E-state index in [0.717, 1.165) is 12.8 Å². The van der Waals surface area contributed by atoms with Crippen molar-refractivity contribution in [1.82, 2.24) is 5.09 Å². The van der Waals surface area contributed by atoms with Crippen molar-refractivity contribution in [2.24, 2.45) is 0 Å². The minimum atomic E-state index is -1.35. The number of carbonyl (C=O) groups excluding carboxylic acids is 1. The third kappa shape index (κ3) is 6.33. The van der Waals surface area contributed by atoms with Gasteiger partial charge in [-0.2, -0.15) is 0 Å². The summed E-state index contributed by atoms with van der Waals surface area (Å²) >= 11 is 0. The molecule has 6 heteroatoms. The SMILES string of the molecule is CCC(CC)OC(=O)CNP(OC)Oc1ccccc1. The lowest BCUT2D eigenvalue weighted by atomic mass is 10.2. The zero-order valence-electron chi connectivity index (χ0n) is 12.2. The first-order valence-corrected chi connectivity index (χ1v) is 7.87. The minimum Gasteiger partial charge on any atom is -0.461 e. The van der Waals surface area contributed by atoms with E-state index in [1.165, 1.54) is 7.11 Å². The van der Waals surface area contributed by atoms with Gasteiger partial charge in [-0.05, 0) is 25.0 Å². The van der Waals surface area contributed by atoms with Crippen LogP contribution in [0.3, 0.4) is 0 Å². The molecular weight excluding hydrogens is 277 g/mol. The summed E-state index contributed by atoms with van der Waals surface area (Å²) in [4.78, 5) is 11.7. The van der Waals surface area contributed by atoms with E-state index in [1.807, 2.05) is 44.2 Å². The quantitative estimate of drug-likeness (QED) is 0.560. The van der Waals surface area contributed by atoms with Gasteiger partial charge in [0.2, 0.25) is 0 Å². The Balaban J connectivity index is 2.36. The average Bonchev–Trinajstić information content (AvgIpc) is 2.50. The number of ether oxygens (including phenoxy) is 1. The summed E-state index contributed by atoms with van der Waals surface area (Å²) in [5.41, 5.74) is 0. The van der Waals surface area contributed by atoms with E-state index < -0.39 is 8.53 Å². The molecule has 0 bridgehead atoms. The molecule has 0 radical (unpaired) electrons. The molecular formula is C14H22NO4P. The van der Waals surface area contributed by atoms with Crippen molar-refractivity contribution in [3.63, 3.8) is 0 Å². The molecule has 1 N–H and O–H groups in total. The van der Waals surface area contributed by atoms with Gasteiger partial charge in [0.05, 0.1) is 0 Å². The highest BCUT2D eigenvalue weighted by atomic mass is 31.2. The van der Waals surface area contributed by atoms with Gasteiger partial charge in [-0.1, -0.05) is 32.0 Å². The predicted molar refractivity (Wildman–Crippen MR) is 79.5 cm³/mol. The summed E-state index contributed by atoms with van der Waals surface area (Å²) in [5.74, 6) is 0.404. The van der Waals surface area contributed by atoms with Crippen molar-refractivity contribution < 1.29 is 18.6 Å². The summed E-state index contributed by atoms with van der Waals surface area (Å²) < 4.78 is 16.1. The summed E-state index contributed by atoms with van der Waals surface area (Å²) in [6.07, 6.45) is 1.62. The van der Waals surface area contributed by atoms with Crippen LogP contribution in [0.15, 0.2) is 30.3 Å². The second-order valence-corrected chi connectivity index (χ2v) is 5.49. The van der Waals surface area contributed by atoms with E-state index in [9.17, 15) is 4.79 Å². The molecule has 112 valence electrons. The Kier molecular flexibility index (Phi) is 8.19. The molecule has 0 aliphatic carbocycles. The Morgan fingerprint density at radius 3 is 2.45 bits per heavy atom. The largest absolute Gasteiger partial charge is 0.461 e. The molecule has 0 spiro atoms. The van der Waals surface area contributed by atoms with Crippen molar-refractivity contribution in [3.05, 3.63) is 30.3 Å². The fraction of sp³-hybridized carbons (Fsp3) is 0.500. The number of hydrogen-bond acceptors (Lipinski definition) is 5. The third-order valence-electron chi connectivity index (χ3n) is 2.66. The number of rotatable bonds is 9. The maximum absolute atomic E-state index is 11.7. The zero-order chi connectivity index (χ0) is 14.8. The Morgan fingerprint density at radius 2 is 1.90 bits per heavy atom. The molecule has 0 aromatic heterocycles. The molecule has 0 heterocycles. The van der Waals surface area contributed by atoms with Crippen LogP contribution in [0.4, 0.5) is 0 Å². The number of esters is 1. The van der Waals surface area contributed by atoms with Crippen LogP contribution in [-0.4, -0.2) is 25.7 Å². The first kappa shape index (κ1) is 16.9. The lowest BCUT2D eigenvalue weighted by molar-refractivity contribution is -0.147. The highest BCUT2D eigenvalue weighted by molar-refractivity contribution is 7.45. The topological polar surface area (TPSA) is 56.8 Å². The monoisotopic (exact) mass is 299 g/mol. The van der Waals surface area contributed by atoms with Crippen LogP contribution in [-0.2, 0) is 14.1 Å². The fourth-order valence-electron chi connectivity index (χ4n) is 1.52. The molecule has 1 aromatic rings. The Labute approximate surface area is 121 Å². The third-order valence-corrected chi connectivity index (χ3v) is 3.78. The van der Waals surface area contributed by atoms with Gasteiger partial charge in [-0.25, -0.2) is 5.09 Å². The van der Waals surface area contributed by atoms with E-state index in [2.05, 4.69) is 5.09 Å². The molecule has 0 saturated carbocycles. The smallest absolute Gasteiger partial charge is 0.320 e. The molecule has 20 heavy (non-hydrogen) atoms. The summed E-state index contributed by atoms with van der Waals surface area (Å²) in [7, 11) is 0.184. The van der Waals surface area contributed by atoms with Crippen LogP contribution in [0.1, 0.15) is 26.7 Å². The summed E-state index contributed by atoms with van der Waals surface area (Å²) in [6, 6.07) is 9.32. The van der Waals surface area contributed by atoms with Crippen LogP contribution in [0, 0.1) is 0 Å². The summed E-state index contributed by atoms with van der Waals surface area (Å²) in [5, 5.41) is 2.92. The van der Waals surface area contributed by atoms with Gasteiger partial charge in [0.1, 0.15) is 18.4 Å². The second kappa shape index (κ2) is 9.70. The van der Waals surface area contributed by atoms with Crippen molar-refractivity contribution in [2.45, 2.75) is 32.8 Å². The number of nitrogens with one attached hydrogen (secondary N) is 1. The molecule has 0 aliphatic heterocycles. The van der Waals surface area contributed by atoms with E-state index in [4.69, 9.17) is 13.8 Å². The van der Waals surface area contributed by atoms with Gasteiger partial charge >= 0.3 is 14.5 Å². The Morgan fingerprint density at radius 1 is 1.25 bits per heavy atom. The van der Waals surface area contributed by atoms with Crippen molar-refractivity contribution >= 4 is 14.5 Å². The molecule has 1 rings (SSSR count). The molecule has 0 aliphatic rings. The molecule has 0 saturated heterocycles. The molecule has 5 nitrogen and oxygen atoms in total. The van der Waals surface area contributed by atoms with E-state index in [0.29, 0.717) is 5.75 Å². The first-order chi connectivity index (χ1) is 9.69. The van der Waals surface area contributed by atoms with Crippen LogP contribution < -0.4 is 9.61 Å². The molecule has 1 atom stereocenters. The normalized spacial score (nSPS) is 12.2. The first-order valence-electron chi connectivity index (χ1n) is 6.69. The highest BCUT2D eigenvalue weighted by Gasteiger charge is 2.15. The Bertz CT molecular complexity index is 384. The second-order valence-electron chi connectivity index (χ2n) is 4.11. The lowest BCUT2D eigenvalue weighted by Gasteiger charge is -2.18. The van der Waals surface area contributed by atoms with Gasteiger partial charge < -0.3 is 13.8 Å². The lowest BCUT2D eigenvalue weighted by Crippen LogP contribution is -2.26. The summed E-state index contributed by atoms with van der Waals surface area (Å²) in [6.45, 7) is 4.06. The number of para-hydroxylation sites is 1. The van der Waals surface area contributed by atoms with Crippen molar-refractivity contribution in [3.8, 4) is 5.75 Å². The van der Waals surface area contributed by atoms with E-state index in [-0.39, 0.29) is 18.6 Å². The number of hydrogen-bond donors (Lipinski definition) is 1. The minimum absolute atomic E-state index is 0.0203. The van der Waals surface area contributed by atoms with E-state index in [1.54, 1.807) is 0 Å². The highest BCUT2D eigenvalue weighted by Crippen LogP contribution is 2.33. The maximum atomic E-state index is 11.7. The van der Waals surface area contributed by atoms with Crippen LogP contribution >= 0.6 is 8.53 Å². The van der Waals surface area contributed by atoms with Crippen LogP contribution in [0.2, 0.25) is 0 Å². The van der Waals surface area contributed by atoms with Gasteiger partial charge in [-0.15, -0.1) is 0 Å². The van der Waals surface area contributed by atoms with Crippen LogP contribution in [0.5, 0.6) is 5.75 Å². The molecule has 0 fully saturated rings. The molecule has 1 unspecified atom stereocenters. The molecule has 1 aromatic carbocycles. The predicted octanol–water partition coefficient (Wildman–Crippen LogP) is 3.26. The van der Waals surface area contributed by atoms with Crippen molar-refractivity contribution in [1.29, 1.82) is 0 Å². The number of benzene rings is 1. The molecule has 0 amide bonds. The standard InChI is InChI=1S/C14H22NO4P/c1-4-12(5-2)18-14(16)11-15-20(17-3)19-13-9-7-6-8-10-13/h6-10,12,15H,4-5,11H2,1-3H3. The van der Waals surface area contributed by atoms with Gasteiger partial charge in [0, 0.05) is 7.11 Å². The Hall–Kier alpha value is -1.16. The van der Waals surface area contributed by atoms with Crippen LogP contribution in [0.25, 0.3) is 0 Å².